The van der Waals surface area contributed by atoms with Gasteiger partial charge in [0.05, 0.1) is 19.0 Å². The molecule has 0 radical (unpaired) electrons. The van der Waals surface area contributed by atoms with Gasteiger partial charge in [0.2, 0.25) is 0 Å². The summed E-state index contributed by atoms with van der Waals surface area (Å²) < 4.78 is 5.25. The monoisotopic (exact) mass is 349 g/mol. The Morgan fingerprint density at radius 3 is 2.81 bits per heavy atom. The molecule has 0 aliphatic heterocycles. The number of hydrogen-bond acceptors (Lipinski definition) is 4. The summed E-state index contributed by atoms with van der Waals surface area (Å²) in [5.74, 6) is 1.11. The van der Waals surface area contributed by atoms with Gasteiger partial charge in [-0.05, 0) is 29.3 Å². The number of nitrogens with zero attached hydrogens (tertiary/aromatic N) is 1. The summed E-state index contributed by atoms with van der Waals surface area (Å²) in [5, 5.41) is 8.47. The third-order valence-corrected chi connectivity index (χ3v) is 3.90. The molecule has 2 aromatic carbocycles. The number of amides is 1. The average Bonchev–Trinajstić information content (AvgIpc) is 3.15. The molecule has 0 unspecified atom stereocenters. The second-order valence-electron chi connectivity index (χ2n) is 5.70. The zero-order chi connectivity index (χ0) is 18.4. The molecule has 26 heavy (non-hydrogen) atoms. The van der Waals surface area contributed by atoms with Gasteiger partial charge in [0.25, 0.3) is 5.91 Å². The Bertz CT molecular complexity index is 914. The molecule has 0 aliphatic carbocycles. The van der Waals surface area contributed by atoms with Crippen LogP contribution in [-0.4, -0.2) is 28.2 Å². The van der Waals surface area contributed by atoms with Gasteiger partial charge in [-0.3, -0.25) is 10.0 Å². The number of carbonyl (C=O) groups excluding carboxylic acids is 1. The second-order valence-corrected chi connectivity index (χ2v) is 5.70. The van der Waals surface area contributed by atoms with Crippen molar-refractivity contribution in [3.8, 4) is 17.0 Å². The summed E-state index contributed by atoms with van der Waals surface area (Å²) in [6.45, 7) is 0. The van der Waals surface area contributed by atoms with Crippen LogP contribution in [0.4, 0.5) is 0 Å². The second kappa shape index (κ2) is 8.13. The van der Waals surface area contributed by atoms with E-state index in [4.69, 9.17) is 9.94 Å². The molecule has 3 aromatic rings. The smallest absolute Gasteiger partial charge is 0.267 e. The van der Waals surface area contributed by atoms with Crippen molar-refractivity contribution in [3.63, 3.8) is 0 Å². The molecule has 1 aromatic heterocycles. The Hall–Kier alpha value is -3.38. The summed E-state index contributed by atoms with van der Waals surface area (Å²) in [4.78, 5) is 18.8. The van der Waals surface area contributed by atoms with Crippen LogP contribution in [-0.2, 0) is 11.2 Å². The van der Waals surface area contributed by atoms with E-state index in [0.717, 1.165) is 34.0 Å². The zero-order valence-corrected chi connectivity index (χ0v) is 14.3. The molecule has 0 fully saturated rings. The van der Waals surface area contributed by atoms with Crippen molar-refractivity contribution in [3.05, 3.63) is 77.8 Å². The maximum Gasteiger partial charge on any atom is 0.267 e. The molecule has 0 atom stereocenters. The molecule has 0 spiro atoms. The maximum atomic E-state index is 11.0. The van der Waals surface area contributed by atoms with Crippen LogP contribution < -0.4 is 10.2 Å². The minimum Gasteiger partial charge on any atom is -0.497 e. The normalized spacial score (nSPS) is 10.8. The number of methoxy groups -OCH3 is 1. The summed E-state index contributed by atoms with van der Waals surface area (Å²) in [6.07, 6.45) is 5.38. The molecule has 132 valence electrons. The van der Waals surface area contributed by atoms with Crippen LogP contribution in [0.1, 0.15) is 17.0 Å². The molecule has 1 amide bonds. The summed E-state index contributed by atoms with van der Waals surface area (Å²) >= 11 is 0. The van der Waals surface area contributed by atoms with Crippen molar-refractivity contribution in [2.24, 2.45) is 0 Å². The molecular formula is C20H19N3O3. The molecule has 3 N–H and O–H groups in total. The van der Waals surface area contributed by atoms with Gasteiger partial charge in [-0.25, -0.2) is 10.5 Å². The van der Waals surface area contributed by atoms with Crippen molar-refractivity contribution in [2.75, 3.05) is 7.11 Å². The van der Waals surface area contributed by atoms with E-state index in [1.54, 1.807) is 18.7 Å². The summed E-state index contributed by atoms with van der Waals surface area (Å²) in [7, 11) is 1.65. The summed E-state index contributed by atoms with van der Waals surface area (Å²) in [6, 6.07) is 15.6. The van der Waals surface area contributed by atoms with Crippen molar-refractivity contribution in [1.29, 1.82) is 0 Å². The summed E-state index contributed by atoms with van der Waals surface area (Å²) in [5.41, 5.74) is 5.48. The van der Waals surface area contributed by atoms with Gasteiger partial charge in [-0.2, -0.15) is 0 Å². The van der Waals surface area contributed by atoms with E-state index in [9.17, 15) is 4.79 Å². The number of carbonyl (C=O) groups is 1. The first-order valence-corrected chi connectivity index (χ1v) is 8.07. The van der Waals surface area contributed by atoms with Gasteiger partial charge >= 0.3 is 0 Å². The van der Waals surface area contributed by atoms with Gasteiger partial charge in [0.1, 0.15) is 11.6 Å². The van der Waals surface area contributed by atoms with Crippen LogP contribution in [0.2, 0.25) is 0 Å². The highest BCUT2D eigenvalue weighted by molar-refractivity contribution is 5.90. The van der Waals surface area contributed by atoms with Crippen molar-refractivity contribution in [1.82, 2.24) is 15.4 Å². The van der Waals surface area contributed by atoms with E-state index in [1.807, 2.05) is 54.7 Å². The van der Waals surface area contributed by atoms with Crippen LogP contribution in [0.15, 0.2) is 60.8 Å². The SMILES string of the molecule is COc1cccc(-c2cnc(Cc3ccc(C=CC(=O)NO)cc3)[nH]2)c1. The Morgan fingerprint density at radius 1 is 1.27 bits per heavy atom. The fraction of sp³-hybridized carbons (Fsp3) is 0.100. The molecule has 0 saturated heterocycles. The van der Waals surface area contributed by atoms with Crippen molar-refractivity contribution in [2.45, 2.75) is 6.42 Å². The Balaban J connectivity index is 1.69. The lowest BCUT2D eigenvalue weighted by atomic mass is 10.1. The lowest BCUT2D eigenvalue weighted by Gasteiger charge is -2.02. The van der Waals surface area contributed by atoms with Gasteiger partial charge < -0.3 is 9.72 Å². The number of benzene rings is 2. The van der Waals surface area contributed by atoms with Crippen molar-refractivity contribution >= 4 is 12.0 Å². The first kappa shape index (κ1) is 17.4. The predicted octanol–water partition coefficient (Wildman–Crippen LogP) is 3.19. The van der Waals surface area contributed by atoms with Crippen LogP contribution >= 0.6 is 0 Å². The number of nitrogens with one attached hydrogen (secondary N) is 2. The quantitative estimate of drug-likeness (QED) is 0.362. The van der Waals surface area contributed by atoms with Crippen LogP contribution in [0.5, 0.6) is 5.75 Å². The van der Waals surface area contributed by atoms with E-state index in [2.05, 4.69) is 9.97 Å². The molecule has 0 aliphatic rings. The molecular weight excluding hydrogens is 330 g/mol. The van der Waals surface area contributed by atoms with Gasteiger partial charge in [-0.15, -0.1) is 0 Å². The van der Waals surface area contributed by atoms with E-state index in [-0.39, 0.29) is 0 Å². The molecule has 6 heteroatoms. The standard InChI is InChI=1S/C20H19N3O3/c1-26-17-4-2-3-16(12-17)18-13-21-19(22-18)11-15-7-5-14(6-8-15)9-10-20(24)23-25/h2-10,12-13,25H,11H2,1H3,(H,21,22)(H,23,24). The van der Waals surface area contributed by atoms with Crippen LogP contribution in [0.3, 0.4) is 0 Å². The maximum absolute atomic E-state index is 11.0. The van der Waals surface area contributed by atoms with E-state index in [0.29, 0.717) is 6.42 Å². The number of ether oxygens (including phenoxy) is 1. The average molecular weight is 349 g/mol. The zero-order valence-electron chi connectivity index (χ0n) is 14.3. The molecule has 1 heterocycles. The highest BCUT2D eigenvalue weighted by atomic mass is 16.5. The molecule has 0 bridgehead atoms. The fourth-order valence-corrected chi connectivity index (χ4v) is 2.54. The number of aromatic nitrogens is 2. The third-order valence-electron chi connectivity index (χ3n) is 3.90. The number of imidazole rings is 1. The minimum absolute atomic E-state index is 0.560. The number of rotatable bonds is 6. The first-order chi connectivity index (χ1) is 12.7. The number of aromatic amines is 1. The first-order valence-electron chi connectivity index (χ1n) is 8.07. The number of H-pyrrole nitrogens is 1. The van der Waals surface area contributed by atoms with Gasteiger partial charge in [0.15, 0.2) is 0 Å². The third kappa shape index (κ3) is 4.37. The lowest BCUT2D eigenvalue weighted by Crippen LogP contribution is -2.14. The van der Waals surface area contributed by atoms with Crippen LogP contribution in [0, 0.1) is 0 Å². The fourth-order valence-electron chi connectivity index (χ4n) is 2.54. The lowest BCUT2D eigenvalue weighted by molar-refractivity contribution is -0.124. The Labute approximate surface area is 151 Å². The van der Waals surface area contributed by atoms with Gasteiger partial charge in [-0.1, -0.05) is 36.4 Å². The van der Waals surface area contributed by atoms with E-state index >= 15 is 0 Å². The van der Waals surface area contributed by atoms with Gasteiger partial charge in [0, 0.05) is 18.1 Å². The molecule has 3 rings (SSSR count). The number of hydroxylamine groups is 1. The highest BCUT2D eigenvalue weighted by Gasteiger charge is 2.05. The van der Waals surface area contributed by atoms with E-state index < -0.39 is 5.91 Å². The van der Waals surface area contributed by atoms with Crippen LogP contribution in [0.25, 0.3) is 17.3 Å². The largest absolute Gasteiger partial charge is 0.497 e. The Kier molecular flexibility index (Phi) is 5.46. The molecule has 0 saturated carbocycles. The van der Waals surface area contributed by atoms with E-state index in [1.165, 1.54) is 6.08 Å². The minimum atomic E-state index is -0.560. The molecule has 6 nitrogen and oxygen atoms in total. The van der Waals surface area contributed by atoms with Crippen molar-refractivity contribution < 1.29 is 14.7 Å². The highest BCUT2D eigenvalue weighted by Crippen LogP contribution is 2.22. The predicted molar refractivity (Wildman–Crippen MR) is 98.8 cm³/mol. The number of hydrogen-bond donors (Lipinski definition) is 3. The topological polar surface area (TPSA) is 87.2 Å². The Morgan fingerprint density at radius 2 is 2.08 bits per heavy atom.